The molecule has 11 rings (SSSR count). The van der Waals surface area contributed by atoms with Crippen LogP contribution in [0.1, 0.15) is 0 Å². The molecule has 0 spiro atoms. The Morgan fingerprint density at radius 2 is 1.04 bits per heavy atom. The average Bonchev–Trinajstić information content (AvgIpc) is 3.78. The zero-order valence-corrected chi connectivity index (χ0v) is 25.8. The van der Waals surface area contributed by atoms with Gasteiger partial charge in [-0.15, -0.1) is 0 Å². The topological polar surface area (TPSA) is 35.6 Å². The molecule has 0 atom stereocenters. The van der Waals surface area contributed by atoms with E-state index in [9.17, 15) is 0 Å². The molecule has 0 bridgehead atoms. The number of benzene rings is 6. The second kappa shape index (κ2) is 9.50. The monoisotopic (exact) mass is 610 g/mol. The molecule has 48 heavy (non-hydrogen) atoms. The van der Waals surface area contributed by atoms with E-state index in [-0.39, 0.29) is 0 Å². The highest BCUT2D eigenvalue weighted by atomic mass is 15.1. The molecule has 0 unspecified atom stereocenters. The van der Waals surface area contributed by atoms with Gasteiger partial charge in [-0.1, -0.05) is 84.9 Å². The van der Waals surface area contributed by atoms with Crippen molar-refractivity contribution in [3.05, 3.63) is 158 Å². The van der Waals surface area contributed by atoms with Gasteiger partial charge in [0.1, 0.15) is 5.82 Å². The predicted molar refractivity (Wildman–Crippen MR) is 198 cm³/mol. The van der Waals surface area contributed by atoms with Crippen LogP contribution in [0.15, 0.2) is 158 Å². The number of hydrogen-bond donors (Lipinski definition) is 0. The molecule has 0 amide bonds. The van der Waals surface area contributed by atoms with E-state index in [1.54, 1.807) is 0 Å². The van der Waals surface area contributed by atoms with Crippen LogP contribution >= 0.6 is 0 Å². The van der Waals surface area contributed by atoms with Crippen molar-refractivity contribution in [2.45, 2.75) is 0 Å². The van der Waals surface area contributed by atoms with Crippen LogP contribution in [-0.4, -0.2) is 19.1 Å². The SMILES string of the molecule is c1ccc(-n2c3ccccc3c3cc(-c4ccc5c(c4)c4ccccc4n5-c4cc5c6c(cccc6n4)-c4cccnc4-5)ccc32)cc1. The fourth-order valence-electron chi connectivity index (χ4n) is 8.04. The summed E-state index contributed by atoms with van der Waals surface area (Å²) in [5.41, 5.74) is 13.8. The van der Waals surface area contributed by atoms with Gasteiger partial charge >= 0.3 is 0 Å². The standard InChI is InChI=1S/C44H26N4/c1-2-10-29(11-3-1)47-38-17-6-4-12-30(38)34-24-27(19-21-40(34)47)28-20-22-41-35(25-28)31-13-5-7-18-39(31)48(41)42-26-36-43-32(14-8-16-37(43)46-42)33-15-9-23-45-44(33)36/h1-26H. The maximum atomic E-state index is 5.27. The largest absolute Gasteiger partial charge is 0.309 e. The maximum Gasteiger partial charge on any atom is 0.138 e. The summed E-state index contributed by atoms with van der Waals surface area (Å²) in [6.07, 6.45) is 1.88. The van der Waals surface area contributed by atoms with Crippen LogP contribution in [0.25, 0.3) is 99.5 Å². The first-order chi connectivity index (χ1) is 23.8. The number of fused-ring (bicyclic) bond motifs is 9. The fourth-order valence-corrected chi connectivity index (χ4v) is 8.04. The first-order valence-electron chi connectivity index (χ1n) is 16.3. The minimum Gasteiger partial charge on any atom is -0.309 e. The third-order valence-electron chi connectivity index (χ3n) is 10.1. The second-order valence-electron chi connectivity index (χ2n) is 12.6. The van der Waals surface area contributed by atoms with Gasteiger partial charge in [0.15, 0.2) is 0 Å². The van der Waals surface area contributed by atoms with Crippen LogP contribution in [0.5, 0.6) is 0 Å². The first kappa shape index (κ1) is 25.6. The van der Waals surface area contributed by atoms with Gasteiger partial charge in [-0.2, -0.15) is 0 Å². The van der Waals surface area contributed by atoms with Crippen LogP contribution in [0.4, 0.5) is 0 Å². The summed E-state index contributed by atoms with van der Waals surface area (Å²) < 4.78 is 4.68. The summed E-state index contributed by atoms with van der Waals surface area (Å²) in [6, 6.07) is 54.5. The Hall–Kier alpha value is -6.52. The molecule has 4 heterocycles. The van der Waals surface area contributed by atoms with Crippen LogP contribution < -0.4 is 0 Å². The lowest BCUT2D eigenvalue weighted by Gasteiger charge is -2.11. The Kier molecular flexibility index (Phi) is 5.08. The molecule has 0 saturated carbocycles. The zero-order valence-electron chi connectivity index (χ0n) is 25.8. The van der Waals surface area contributed by atoms with E-state index in [0.717, 1.165) is 33.6 Å². The third kappa shape index (κ3) is 3.43. The molecule has 1 aliphatic carbocycles. The van der Waals surface area contributed by atoms with Crippen molar-refractivity contribution in [2.75, 3.05) is 0 Å². The van der Waals surface area contributed by atoms with E-state index >= 15 is 0 Å². The molecule has 4 aromatic heterocycles. The summed E-state index contributed by atoms with van der Waals surface area (Å²) in [4.78, 5) is 10.1. The predicted octanol–water partition coefficient (Wildman–Crippen LogP) is 11.1. The molecule has 6 aromatic carbocycles. The zero-order chi connectivity index (χ0) is 31.3. The molecule has 0 aliphatic heterocycles. The Balaban J connectivity index is 1.12. The summed E-state index contributed by atoms with van der Waals surface area (Å²) >= 11 is 0. The van der Waals surface area contributed by atoms with Crippen LogP contribution in [0.2, 0.25) is 0 Å². The minimum atomic E-state index is 0.905. The molecule has 10 aromatic rings. The van der Waals surface area contributed by atoms with Crippen molar-refractivity contribution >= 4 is 54.5 Å². The molecule has 0 saturated heterocycles. The van der Waals surface area contributed by atoms with Gasteiger partial charge in [0.2, 0.25) is 0 Å². The number of aromatic nitrogens is 4. The van der Waals surface area contributed by atoms with Gasteiger partial charge < -0.3 is 4.57 Å². The Morgan fingerprint density at radius 1 is 0.417 bits per heavy atom. The number of pyridine rings is 2. The molecular weight excluding hydrogens is 585 g/mol. The van der Waals surface area contributed by atoms with Gasteiger partial charge in [-0.05, 0) is 83.4 Å². The maximum absolute atomic E-state index is 5.27. The van der Waals surface area contributed by atoms with Crippen LogP contribution in [0.3, 0.4) is 0 Å². The van der Waals surface area contributed by atoms with Crippen molar-refractivity contribution in [1.82, 2.24) is 19.1 Å². The van der Waals surface area contributed by atoms with Crippen molar-refractivity contribution in [2.24, 2.45) is 0 Å². The first-order valence-corrected chi connectivity index (χ1v) is 16.3. The highest BCUT2D eigenvalue weighted by Crippen LogP contribution is 2.47. The highest BCUT2D eigenvalue weighted by molar-refractivity contribution is 6.15. The van der Waals surface area contributed by atoms with Gasteiger partial charge in [-0.3, -0.25) is 9.55 Å². The fraction of sp³-hybridized carbons (Fsp3) is 0. The van der Waals surface area contributed by atoms with Gasteiger partial charge in [0.05, 0.1) is 33.3 Å². The molecule has 0 N–H and O–H groups in total. The lowest BCUT2D eigenvalue weighted by atomic mass is 10.0. The summed E-state index contributed by atoms with van der Waals surface area (Å²) in [5, 5.41) is 6.11. The summed E-state index contributed by atoms with van der Waals surface area (Å²) in [7, 11) is 0. The van der Waals surface area contributed by atoms with Crippen molar-refractivity contribution in [3.63, 3.8) is 0 Å². The van der Waals surface area contributed by atoms with Gasteiger partial charge in [0, 0.05) is 49.9 Å². The van der Waals surface area contributed by atoms with Crippen LogP contribution in [0, 0.1) is 0 Å². The van der Waals surface area contributed by atoms with Gasteiger partial charge in [-0.25, -0.2) is 4.98 Å². The smallest absolute Gasteiger partial charge is 0.138 e. The van der Waals surface area contributed by atoms with Crippen molar-refractivity contribution in [3.8, 4) is 45.0 Å². The number of nitrogens with zero attached hydrogens (tertiary/aromatic N) is 4. The quantitative estimate of drug-likeness (QED) is 0.199. The normalized spacial score (nSPS) is 12.2. The molecular formula is C44H26N4. The second-order valence-corrected chi connectivity index (χ2v) is 12.6. The Bertz CT molecular complexity index is 2950. The van der Waals surface area contributed by atoms with E-state index in [0.29, 0.717) is 0 Å². The number of rotatable bonds is 3. The summed E-state index contributed by atoms with van der Waals surface area (Å²) in [5.74, 6) is 0.905. The van der Waals surface area contributed by atoms with E-state index in [1.807, 2.05) is 12.3 Å². The Labute approximate surface area is 275 Å². The highest BCUT2D eigenvalue weighted by Gasteiger charge is 2.25. The lowest BCUT2D eigenvalue weighted by Crippen LogP contribution is -1.98. The molecule has 222 valence electrons. The van der Waals surface area contributed by atoms with E-state index < -0.39 is 0 Å². The number of para-hydroxylation sites is 3. The molecule has 0 fully saturated rings. The third-order valence-corrected chi connectivity index (χ3v) is 10.1. The molecule has 1 aliphatic rings. The molecule has 4 heteroatoms. The van der Waals surface area contributed by atoms with Crippen molar-refractivity contribution < 1.29 is 0 Å². The lowest BCUT2D eigenvalue weighted by molar-refractivity contribution is 1.10. The molecule has 4 nitrogen and oxygen atoms in total. The Morgan fingerprint density at radius 3 is 1.79 bits per heavy atom. The van der Waals surface area contributed by atoms with Gasteiger partial charge in [0.25, 0.3) is 0 Å². The number of hydrogen-bond acceptors (Lipinski definition) is 2. The van der Waals surface area contributed by atoms with E-state index in [4.69, 9.17) is 9.97 Å². The summed E-state index contributed by atoms with van der Waals surface area (Å²) in [6.45, 7) is 0. The molecule has 0 radical (unpaired) electrons. The van der Waals surface area contributed by atoms with E-state index in [2.05, 4.69) is 155 Å². The minimum absolute atomic E-state index is 0.905. The van der Waals surface area contributed by atoms with Crippen molar-refractivity contribution in [1.29, 1.82) is 0 Å². The van der Waals surface area contributed by atoms with E-state index in [1.165, 1.54) is 65.9 Å². The average molecular weight is 611 g/mol. The van der Waals surface area contributed by atoms with Crippen LogP contribution in [-0.2, 0) is 0 Å².